The predicted molar refractivity (Wildman–Crippen MR) is 133 cm³/mol. The number of nitrogens with two attached hydrogens (primary N) is 1. The average molecular weight is 508 g/mol. The molecule has 1 aromatic heterocycles. The molecule has 1 aliphatic rings. The van der Waals surface area contributed by atoms with E-state index in [-0.39, 0.29) is 23.5 Å². The summed E-state index contributed by atoms with van der Waals surface area (Å²) in [4.78, 5) is 12.4. The molecule has 8 nitrogen and oxygen atoms in total. The summed E-state index contributed by atoms with van der Waals surface area (Å²) in [6, 6.07) is 5.63. The van der Waals surface area contributed by atoms with Gasteiger partial charge in [0.1, 0.15) is 18.1 Å². The van der Waals surface area contributed by atoms with Crippen molar-refractivity contribution in [3.05, 3.63) is 41.2 Å². The van der Waals surface area contributed by atoms with Gasteiger partial charge in [0.25, 0.3) is 0 Å². The van der Waals surface area contributed by atoms with Crippen LogP contribution in [0.25, 0.3) is 0 Å². The maximum Gasteiger partial charge on any atom is 0.433 e. The van der Waals surface area contributed by atoms with Gasteiger partial charge in [-0.25, -0.2) is 4.98 Å². The second kappa shape index (κ2) is 11.6. The van der Waals surface area contributed by atoms with Crippen LogP contribution in [0, 0.1) is 0 Å². The van der Waals surface area contributed by atoms with E-state index in [0.717, 1.165) is 18.9 Å². The first-order valence-corrected chi connectivity index (χ1v) is 11.6. The molecular formula is C25H32F3N5O3. The lowest BCUT2D eigenvalue weighted by atomic mass is 9.82. The summed E-state index contributed by atoms with van der Waals surface area (Å²) in [5.74, 6) is 1.34. The number of nitrogen functional groups attached to an aromatic ring is 1. The Morgan fingerprint density at radius 1 is 1.19 bits per heavy atom. The lowest BCUT2D eigenvalue weighted by Crippen LogP contribution is -2.37. The second-order valence-electron chi connectivity index (χ2n) is 8.61. The van der Waals surface area contributed by atoms with Gasteiger partial charge in [0.05, 0.1) is 37.2 Å². The van der Waals surface area contributed by atoms with Crippen molar-refractivity contribution < 1.29 is 27.4 Å². The number of methoxy groups -OCH3 is 1. The summed E-state index contributed by atoms with van der Waals surface area (Å²) in [6.45, 7) is 4.57. The average Bonchev–Trinajstić information content (AvgIpc) is 2.81. The Morgan fingerprint density at radius 3 is 2.53 bits per heavy atom. The summed E-state index contributed by atoms with van der Waals surface area (Å²) in [6.07, 6.45) is 0.269. The van der Waals surface area contributed by atoms with Gasteiger partial charge in [-0.05, 0) is 51.3 Å². The largest absolute Gasteiger partial charge is 0.493 e. The standard InChI is InChI=1S/C25H32F3N5O3/c1-5-31-19-14-20(34-4)21(35-9-10-36-24(2)7-6-8-24)13-18(19)23(30-3)32-15-17-11-16(29)12-22(33-17)25(26,27)28/h5,11-14H,6-10,15H2,1-4H3,(H2,29,33)(H,30,32). The molecule has 0 radical (unpaired) electrons. The number of benzene rings is 1. The van der Waals surface area contributed by atoms with E-state index in [9.17, 15) is 13.2 Å². The van der Waals surface area contributed by atoms with Crippen molar-refractivity contribution in [2.75, 3.05) is 33.1 Å². The number of anilines is 1. The summed E-state index contributed by atoms with van der Waals surface area (Å²) in [7, 11) is 3.09. The molecule has 0 bridgehead atoms. The maximum absolute atomic E-state index is 13.1. The summed E-state index contributed by atoms with van der Waals surface area (Å²) in [5, 5.41) is 3.04. The lowest BCUT2D eigenvalue weighted by Gasteiger charge is -2.38. The van der Waals surface area contributed by atoms with Crippen molar-refractivity contribution >= 4 is 23.4 Å². The molecule has 1 aromatic carbocycles. The molecule has 0 spiro atoms. The smallest absolute Gasteiger partial charge is 0.433 e. The molecule has 0 unspecified atom stereocenters. The fourth-order valence-corrected chi connectivity index (χ4v) is 3.83. The first-order valence-electron chi connectivity index (χ1n) is 11.6. The van der Waals surface area contributed by atoms with E-state index >= 15 is 0 Å². The van der Waals surface area contributed by atoms with Crippen LogP contribution in [0.2, 0.25) is 0 Å². The minimum atomic E-state index is -4.60. The molecule has 0 amide bonds. The number of hydrogen-bond acceptors (Lipinski definition) is 7. The van der Waals surface area contributed by atoms with Crippen molar-refractivity contribution in [2.24, 2.45) is 9.98 Å². The highest BCUT2D eigenvalue weighted by atomic mass is 19.4. The van der Waals surface area contributed by atoms with Crippen molar-refractivity contribution in [3.8, 4) is 11.5 Å². The van der Waals surface area contributed by atoms with Gasteiger partial charge in [-0.1, -0.05) is 0 Å². The summed E-state index contributed by atoms with van der Waals surface area (Å²) < 4.78 is 56.8. The molecule has 196 valence electrons. The Labute approximate surface area is 208 Å². The van der Waals surface area contributed by atoms with Gasteiger partial charge in [-0.2, -0.15) is 13.2 Å². The van der Waals surface area contributed by atoms with Gasteiger partial charge in [0.2, 0.25) is 0 Å². The number of nitrogens with zero attached hydrogens (tertiary/aromatic N) is 3. The van der Waals surface area contributed by atoms with Crippen LogP contribution in [0.1, 0.15) is 50.1 Å². The third-order valence-corrected chi connectivity index (χ3v) is 5.86. The molecule has 2 aromatic rings. The van der Waals surface area contributed by atoms with Gasteiger partial charge in [-0.15, -0.1) is 0 Å². The van der Waals surface area contributed by atoms with Crippen LogP contribution in [-0.2, 0) is 17.5 Å². The van der Waals surface area contributed by atoms with Crippen molar-refractivity contribution in [1.82, 2.24) is 10.3 Å². The van der Waals surface area contributed by atoms with E-state index in [1.54, 1.807) is 32.3 Å². The van der Waals surface area contributed by atoms with Crippen molar-refractivity contribution in [3.63, 3.8) is 0 Å². The van der Waals surface area contributed by atoms with Gasteiger partial charge < -0.3 is 25.3 Å². The Balaban J connectivity index is 1.81. The van der Waals surface area contributed by atoms with Gasteiger partial charge in [-0.3, -0.25) is 9.98 Å². The summed E-state index contributed by atoms with van der Waals surface area (Å²) >= 11 is 0. The number of aromatic nitrogens is 1. The number of nitrogens with one attached hydrogen (secondary N) is 1. The SMILES string of the molecule is CC=Nc1cc(OC)c(OCCOC2(C)CCC2)cc1C(=NC)NCc1cc(N)cc(C(F)(F)F)n1. The molecule has 1 saturated carbocycles. The number of rotatable bonds is 10. The molecule has 1 fully saturated rings. The minimum Gasteiger partial charge on any atom is -0.493 e. The van der Waals surface area contributed by atoms with Gasteiger partial charge in [0.15, 0.2) is 11.5 Å². The Morgan fingerprint density at radius 2 is 1.94 bits per heavy atom. The number of pyridine rings is 1. The molecule has 3 rings (SSSR count). The third-order valence-electron chi connectivity index (χ3n) is 5.86. The minimum absolute atomic E-state index is 0.0292. The first kappa shape index (κ1) is 27.3. The molecule has 36 heavy (non-hydrogen) atoms. The number of ether oxygens (including phenoxy) is 3. The van der Waals surface area contributed by atoms with Crippen LogP contribution in [0.5, 0.6) is 11.5 Å². The molecule has 11 heteroatoms. The molecule has 3 N–H and O–H groups in total. The van der Waals surface area contributed by atoms with E-state index in [2.05, 4.69) is 27.2 Å². The third kappa shape index (κ3) is 6.87. The van der Waals surface area contributed by atoms with Crippen LogP contribution >= 0.6 is 0 Å². The van der Waals surface area contributed by atoms with Gasteiger partial charge >= 0.3 is 6.18 Å². The Bertz CT molecular complexity index is 1110. The Hall–Kier alpha value is -3.34. The molecule has 1 aliphatic carbocycles. The molecule has 1 heterocycles. The zero-order chi connectivity index (χ0) is 26.3. The normalized spacial score (nSPS) is 15.6. The zero-order valence-corrected chi connectivity index (χ0v) is 20.9. The van der Waals surface area contributed by atoms with Crippen LogP contribution in [-0.4, -0.2) is 50.0 Å². The highest BCUT2D eigenvalue weighted by Crippen LogP contribution is 2.37. The highest BCUT2D eigenvalue weighted by molar-refractivity contribution is 6.04. The highest BCUT2D eigenvalue weighted by Gasteiger charge is 2.33. The second-order valence-corrected chi connectivity index (χ2v) is 8.61. The number of aliphatic imine (C=N–C) groups is 2. The maximum atomic E-state index is 13.1. The molecule has 0 aliphatic heterocycles. The fourth-order valence-electron chi connectivity index (χ4n) is 3.83. The zero-order valence-electron chi connectivity index (χ0n) is 20.9. The van der Waals surface area contributed by atoms with E-state index in [0.29, 0.717) is 41.8 Å². The quantitative estimate of drug-likeness (QED) is 0.269. The molecule has 0 saturated heterocycles. The number of amidine groups is 1. The van der Waals surface area contributed by atoms with E-state index in [1.807, 2.05) is 0 Å². The van der Waals surface area contributed by atoms with E-state index < -0.39 is 11.9 Å². The van der Waals surface area contributed by atoms with Crippen LogP contribution in [0.3, 0.4) is 0 Å². The predicted octanol–water partition coefficient (Wildman–Crippen LogP) is 4.92. The fraction of sp³-hybridized carbons (Fsp3) is 0.480. The topological polar surface area (TPSA) is 103 Å². The first-order chi connectivity index (χ1) is 17.1. The molecular weight excluding hydrogens is 475 g/mol. The van der Waals surface area contributed by atoms with Gasteiger partial charge in [0, 0.05) is 30.6 Å². The van der Waals surface area contributed by atoms with Crippen molar-refractivity contribution in [1.29, 1.82) is 0 Å². The lowest BCUT2D eigenvalue weighted by molar-refractivity contribution is -0.141. The van der Waals surface area contributed by atoms with Crippen molar-refractivity contribution in [2.45, 2.75) is 51.4 Å². The van der Waals surface area contributed by atoms with Crippen LogP contribution in [0.15, 0.2) is 34.3 Å². The van der Waals surface area contributed by atoms with E-state index in [1.165, 1.54) is 19.6 Å². The number of hydrogen-bond donors (Lipinski definition) is 2. The van der Waals surface area contributed by atoms with E-state index in [4.69, 9.17) is 19.9 Å². The summed E-state index contributed by atoms with van der Waals surface area (Å²) in [5.41, 5.74) is 5.75. The van der Waals surface area contributed by atoms with Crippen LogP contribution < -0.4 is 20.5 Å². The monoisotopic (exact) mass is 507 g/mol. The Kier molecular flexibility index (Phi) is 8.78. The number of halogens is 3. The number of alkyl halides is 3. The molecule has 0 atom stereocenters. The van der Waals surface area contributed by atoms with Crippen LogP contribution in [0.4, 0.5) is 24.5 Å².